The number of fused-ring (bicyclic) bond motifs is 1. The van der Waals surface area contributed by atoms with Crippen LogP contribution in [0.25, 0.3) is 10.9 Å². The monoisotopic (exact) mass is 287 g/mol. The first-order valence-electron chi connectivity index (χ1n) is 7.78. The maximum absolute atomic E-state index is 11.7. The van der Waals surface area contributed by atoms with E-state index in [2.05, 4.69) is 35.1 Å². The quantitative estimate of drug-likeness (QED) is 0.733. The van der Waals surface area contributed by atoms with Crippen LogP contribution in [0.3, 0.4) is 0 Å². The first-order chi connectivity index (χ1) is 10.2. The molecule has 2 aromatic rings. The number of rotatable bonds is 8. The third kappa shape index (κ3) is 4.41. The van der Waals surface area contributed by atoms with Gasteiger partial charge in [0.1, 0.15) is 0 Å². The Labute approximate surface area is 126 Å². The van der Waals surface area contributed by atoms with Gasteiger partial charge < -0.3 is 15.2 Å². The van der Waals surface area contributed by atoms with Crippen molar-refractivity contribution < 1.29 is 0 Å². The summed E-state index contributed by atoms with van der Waals surface area (Å²) < 4.78 is 0. The van der Waals surface area contributed by atoms with Gasteiger partial charge in [0.15, 0.2) is 0 Å². The van der Waals surface area contributed by atoms with E-state index in [9.17, 15) is 4.79 Å². The number of hydrogen-bond acceptors (Lipinski definition) is 3. The molecule has 21 heavy (non-hydrogen) atoms. The lowest BCUT2D eigenvalue weighted by molar-refractivity contribution is 0.298. The lowest BCUT2D eigenvalue weighted by atomic mass is 10.1. The van der Waals surface area contributed by atoms with E-state index in [1.807, 2.05) is 18.2 Å². The van der Waals surface area contributed by atoms with Crippen LogP contribution >= 0.6 is 0 Å². The summed E-state index contributed by atoms with van der Waals surface area (Å²) in [6.07, 6.45) is 1.13. The van der Waals surface area contributed by atoms with Gasteiger partial charge in [0.2, 0.25) is 5.56 Å². The van der Waals surface area contributed by atoms with Crippen molar-refractivity contribution in [2.75, 3.05) is 26.2 Å². The van der Waals surface area contributed by atoms with Crippen LogP contribution in [-0.4, -0.2) is 36.1 Å². The highest BCUT2D eigenvalue weighted by molar-refractivity contribution is 5.81. The van der Waals surface area contributed by atoms with Gasteiger partial charge in [0, 0.05) is 23.5 Å². The Morgan fingerprint density at radius 1 is 1.19 bits per heavy atom. The van der Waals surface area contributed by atoms with E-state index in [1.165, 1.54) is 0 Å². The summed E-state index contributed by atoms with van der Waals surface area (Å²) in [7, 11) is 0. The number of hydrogen-bond donors (Lipinski definition) is 2. The largest absolute Gasteiger partial charge is 0.322 e. The predicted molar refractivity (Wildman–Crippen MR) is 88.7 cm³/mol. The van der Waals surface area contributed by atoms with E-state index >= 15 is 0 Å². The van der Waals surface area contributed by atoms with Crippen molar-refractivity contribution >= 4 is 10.9 Å². The number of nitrogens with zero attached hydrogens (tertiary/aromatic N) is 1. The standard InChI is InChI=1S/C17H25N3O/c1-3-20(4-2)11-7-10-18-13-14-12-17(21)19-16-9-6-5-8-15(14)16/h5-6,8-9,12,18H,3-4,7,10-11,13H2,1-2H3,(H,19,21). The molecule has 1 aromatic carbocycles. The Morgan fingerprint density at radius 3 is 2.71 bits per heavy atom. The molecule has 0 atom stereocenters. The fourth-order valence-corrected chi connectivity index (χ4v) is 2.61. The van der Waals surface area contributed by atoms with Crippen molar-refractivity contribution in [1.29, 1.82) is 0 Å². The van der Waals surface area contributed by atoms with E-state index in [4.69, 9.17) is 0 Å². The molecule has 0 amide bonds. The van der Waals surface area contributed by atoms with Crippen LogP contribution in [0.15, 0.2) is 35.1 Å². The van der Waals surface area contributed by atoms with Crippen LogP contribution in [0.1, 0.15) is 25.8 Å². The van der Waals surface area contributed by atoms with Gasteiger partial charge in [0.05, 0.1) is 0 Å². The number of pyridine rings is 1. The van der Waals surface area contributed by atoms with Crippen molar-refractivity contribution in [2.45, 2.75) is 26.8 Å². The summed E-state index contributed by atoms with van der Waals surface area (Å²) >= 11 is 0. The van der Waals surface area contributed by atoms with E-state index < -0.39 is 0 Å². The highest BCUT2D eigenvalue weighted by Crippen LogP contribution is 2.13. The van der Waals surface area contributed by atoms with Crippen molar-refractivity contribution in [3.63, 3.8) is 0 Å². The van der Waals surface area contributed by atoms with Gasteiger partial charge in [-0.3, -0.25) is 4.79 Å². The van der Waals surface area contributed by atoms with Gasteiger partial charge >= 0.3 is 0 Å². The topological polar surface area (TPSA) is 48.1 Å². The fraction of sp³-hybridized carbons (Fsp3) is 0.471. The molecule has 0 saturated carbocycles. The van der Waals surface area contributed by atoms with Gasteiger partial charge in [-0.2, -0.15) is 0 Å². The minimum absolute atomic E-state index is 0.0337. The summed E-state index contributed by atoms with van der Waals surface area (Å²) in [5.41, 5.74) is 1.94. The molecule has 4 heteroatoms. The van der Waals surface area contributed by atoms with Crippen LogP contribution in [0.5, 0.6) is 0 Å². The zero-order valence-corrected chi connectivity index (χ0v) is 13.0. The molecule has 0 spiro atoms. The molecule has 0 unspecified atom stereocenters. The summed E-state index contributed by atoms with van der Waals surface area (Å²) in [6, 6.07) is 9.64. The third-order valence-corrected chi connectivity index (χ3v) is 3.87. The van der Waals surface area contributed by atoms with Crippen LogP contribution < -0.4 is 10.9 Å². The van der Waals surface area contributed by atoms with Crippen molar-refractivity contribution in [3.05, 3.63) is 46.2 Å². The SMILES string of the molecule is CCN(CC)CCCNCc1cc(=O)[nH]c2ccccc12. The molecule has 0 aliphatic rings. The maximum atomic E-state index is 11.7. The second kappa shape index (κ2) is 7.96. The Kier molecular flexibility index (Phi) is 5.96. The minimum atomic E-state index is -0.0337. The average Bonchev–Trinajstić information content (AvgIpc) is 2.50. The molecule has 0 fully saturated rings. The van der Waals surface area contributed by atoms with E-state index in [-0.39, 0.29) is 5.56 Å². The first kappa shape index (κ1) is 15.7. The number of aromatic amines is 1. The molecular formula is C17H25N3O. The van der Waals surface area contributed by atoms with Gasteiger partial charge in [-0.1, -0.05) is 32.0 Å². The van der Waals surface area contributed by atoms with Gasteiger partial charge in [-0.05, 0) is 44.2 Å². The maximum Gasteiger partial charge on any atom is 0.248 e. The zero-order chi connectivity index (χ0) is 15.1. The highest BCUT2D eigenvalue weighted by atomic mass is 16.1. The van der Waals surface area contributed by atoms with Crippen LogP contribution in [0.2, 0.25) is 0 Å². The average molecular weight is 287 g/mol. The summed E-state index contributed by atoms with van der Waals surface area (Å²) in [5, 5.41) is 4.56. The summed E-state index contributed by atoms with van der Waals surface area (Å²) in [6.45, 7) is 9.43. The molecule has 1 aromatic heterocycles. The van der Waals surface area contributed by atoms with E-state index in [0.717, 1.165) is 55.6 Å². The smallest absolute Gasteiger partial charge is 0.248 e. The third-order valence-electron chi connectivity index (χ3n) is 3.87. The van der Waals surface area contributed by atoms with Gasteiger partial charge in [-0.15, -0.1) is 0 Å². The van der Waals surface area contributed by atoms with Crippen molar-refractivity contribution in [1.82, 2.24) is 15.2 Å². The summed E-state index contributed by atoms with van der Waals surface area (Å²) in [5.74, 6) is 0. The fourth-order valence-electron chi connectivity index (χ4n) is 2.61. The molecule has 0 bridgehead atoms. The Bertz CT molecular complexity index is 617. The van der Waals surface area contributed by atoms with Crippen LogP contribution in [0.4, 0.5) is 0 Å². The Balaban J connectivity index is 1.90. The number of aromatic nitrogens is 1. The molecule has 0 saturated heterocycles. The van der Waals surface area contributed by atoms with Crippen molar-refractivity contribution in [2.24, 2.45) is 0 Å². The van der Waals surface area contributed by atoms with Crippen molar-refractivity contribution in [3.8, 4) is 0 Å². The lowest BCUT2D eigenvalue weighted by Gasteiger charge is -2.17. The van der Waals surface area contributed by atoms with Crippen LogP contribution in [-0.2, 0) is 6.54 Å². The molecule has 0 aliphatic carbocycles. The van der Waals surface area contributed by atoms with E-state index in [1.54, 1.807) is 6.07 Å². The molecule has 2 N–H and O–H groups in total. The first-order valence-corrected chi connectivity index (χ1v) is 7.78. The second-order valence-electron chi connectivity index (χ2n) is 5.26. The Hall–Kier alpha value is -1.65. The predicted octanol–water partition coefficient (Wildman–Crippen LogP) is 2.35. The van der Waals surface area contributed by atoms with Gasteiger partial charge in [0.25, 0.3) is 0 Å². The molecule has 1 heterocycles. The summed E-state index contributed by atoms with van der Waals surface area (Å²) in [4.78, 5) is 17.0. The Morgan fingerprint density at radius 2 is 1.95 bits per heavy atom. The minimum Gasteiger partial charge on any atom is -0.322 e. The zero-order valence-electron chi connectivity index (χ0n) is 13.0. The molecular weight excluding hydrogens is 262 g/mol. The molecule has 114 valence electrons. The molecule has 4 nitrogen and oxygen atoms in total. The van der Waals surface area contributed by atoms with Crippen LogP contribution in [0, 0.1) is 0 Å². The molecule has 0 aliphatic heterocycles. The number of H-pyrrole nitrogens is 1. The molecule has 0 radical (unpaired) electrons. The second-order valence-corrected chi connectivity index (χ2v) is 5.26. The van der Waals surface area contributed by atoms with Gasteiger partial charge in [-0.25, -0.2) is 0 Å². The molecule has 2 rings (SSSR count). The van der Waals surface area contributed by atoms with E-state index in [0.29, 0.717) is 0 Å². The highest BCUT2D eigenvalue weighted by Gasteiger charge is 2.03. The lowest BCUT2D eigenvalue weighted by Crippen LogP contribution is -2.27. The number of para-hydroxylation sites is 1. The number of nitrogens with one attached hydrogen (secondary N) is 2. The normalized spacial score (nSPS) is 11.4. The number of benzene rings is 1.